The Bertz CT molecular complexity index is 2150. The summed E-state index contributed by atoms with van der Waals surface area (Å²) in [6.45, 7) is 0. The van der Waals surface area contributed by atoms with Gasteiger partial charge in [0, 0.05) is 21.9 Å². The van der Waals surface area contributed by atoms with Gasteiger partial charge in [-0.1, -0.05) is 133 Å². The fraction of sp³-hybridized carbons (Fsp3) is 0.0256. The SMILES string of the molecule is c1ccc(C2=NC(c3ccccc3-c3cccc4oc5ccc(-c6ccccc6)cc5c34)=NC(c3ccccc3)N2)cc1. The molecule has 0 bridgehead atoms. The van der Waals surface area contributed by atoms with Crippen molar-refractivity contribution >= 4 is 33.6 Å². The first-order valence-electron chi connectivity index (χ1n) is 14.5. The van der Waals surface area contributed by atoms with Gasteiger partial charge in [0.05, 0.1) is 0 Å². The summed E-state index contributed by atoms with van der Waals surface area (Å²) < 4.78 is 6.37. The van der Waals surface area contributed by atoms with E-state index in [2.05, 4.69) is 108 Å². The lowest BCUT2D eigenvalue weighted by molar-refractivity contribution is 0.669. The van der Waals surface area contributed by atoms with Crippen LogP contribution in [-0.2, 0) is 0 Å². The molecule has 0 saturated heterocycles. The standard InChI is InChI=1S/C39H27N3O/c1-4-13-26(14-5-1)29-23-24-34-33(25-29)36-31(21-12-22-35(36)43-34)30-19-10-11-20-32(30)39-41-37(27-15-6-2-7-16-27)40-38(42-39)28-17-8-3-9-18-28/h1-25,37H,(H,40,41,42). The number of nitrogens with one attached hydrogen (secondary N) is 1. The maximum absolute atomic E-state index is 6.37. The minimum absolute atomic E-state index is 0.268. The van der Waals surface area contributed by atoms with Crippen LogP contribution in [0.15, 0.2) is 166 Å². The lowest BCUT2D eigenvalue weighted by atomic mass is 9.94. The van der Waals surface area contributed by atoms with E-state index in [0.717, 1.165) is 61.2 Å². The number of aliphatic imine (C=N–C) groups is 2. The normalized spacial score (nSPS) is 14.7. The van der Waals surface area contributed by atoms with Gasteiger partial charge in [-0.05, 0) is 46.0 Å². The minimum Gasteiger partial charge on any atom is -0.456 e. The Balaban J connectivity index is 1.32. The molecule has 0 amide bonds. The Kier molecular flexibility index (Phi) is 6.16. The maximum Gasteiger partial charge on any atom is 0.160 e. The van der Waals surface area contributed by atoms with Crippen LogP contribution in [0.2, 0.25) is 0 Å². The van der Waals surface area contributed by atoms with Gasteiger partial charge in [0.15, 0.2) is 5.84 Å². The van der Waals surface area contributed by atoms with Crippen molar-refractivity contribution in [3.63, 3.8) is 0 Å². The van der Waals surface area contributed by atoms with Crippen molar-refractivity contribution in [2.24, 2.45) is 9.98 Å². The molecule has 0 aliphatic carbocycles. The molecule has 1 atom stereocenters. The van der Waals surface area contributed by atoms with Crippen molar-refractivity contribution in [2.75, 3.05) is 0 Å². The highest BCUT2D eigenvalue weighted by molar-refractivity contribution is 6.19. The topological polar surface area (TPSA) is 49.9 Å². The molecule has 2 heterocycles. The smallest absolute Gasteiger partial charge is 0.160 e. The molecule has 1 aromatic heterocycles. The summed E-state index contributed by atoms with van der Waals surface area (Å²) >= 11 is 0. The van der Waals surface area contributed by atoms with Gasteiger partial charge in [-0.3, -0.25) is 0 Å². The van der Waals surface area contributed by atoms with E-state index in [9.17, 15) is 0 Å². The average molecular weight is 554 g/mol. The minimum atomic E-state index is -0.268. The van der Waals surface area contributed by atoms with E-state index in [1.54, 1.807) is 0 Å². The second-order valence-corrected chi connectivity index (χ2v) is 10.6. The molecule has 0 saturated carbocycles. The lowest BCUT2D eigenvalue weighted by Crippen LogP contribution is -2.33. The van der Waals surface area contributed by atoms with Gasteiger partial charge < -0.3 is 9.73 Å². The zero-order chi connectivity index (χ0) is 28.6. The molecule has 1 aliphatic heterocycles. The maximum atomic E-state index is 6.37. The molecule has 1 unspecified atom stereocenters. The second kappa shape index (κ2) is 10.6. The summed E-state index contributed by atoms with van der Waals surface area (Å²) in [6.07, 6.45) is -0.268. The summed E-state index contributed by atoms with van der Waals surface area (Å²) in [6, 6.07) is 52.1. The third kappa shape index (κ3) is 4.59. The highest BCUT2D eigenvalue weighted by Gasteiger charge is 2.23. The predicted octanol–water partition coefficient (Wildman–Crippen LogP) is 9.42. The average Bonchev–Trinajstić information content (AvgIpc) is 3.47. The fourth-order valence-electron chi connectivity index (χ4n) is 5.89. The molecule has 6 aromatic carbocycles. The van der Waals surface area contributed by atoms with Crippen molar-refractivity contribution in [1.29, 1.82) is 0 Å². The Morgan fingerprint density at radius 3 is 1.93 bits per heavy atom. The molecule has 43 heavy (non-hydrogen) atoms. The second-order valence-electron chi connectivity index (χ2n) is 10.6. The van der Waals surface area contributed by atoms with Gasteiger partial charge >= 0.3 is 0 Å². The zero-order valence-electron chi connectivity index (χ0n) is 23.3. The summed E-state index contributed by atoms with van der Waals surface area (Å²) in [4.78, 5) is 10.3. The number of furan rings is 1. The third-order valence-corrected chi connectivity index (χ3v) is 7.97. The molecule has 0 fully saturated rings. The molecule has 7 aromatic rings. The highest BCUT2D eigenvalue weighted by atomic mass is 16.3. The highest BCUT2D eigenvalue weighted by Crippen LogP contribution is 2.40. The van der Waals surface area contributed by atoms with E-state index < -0.39 is 0 Å². The quantitative estimate of drug-likeness (QED) is 0.231. The zero-order valence-corrected chi connectivity index (χ0v) is 23.3. The van der Waals surface area contributed by atoms with Crippen LogP contribution in [0.1, 0.15) is 22.9 Å². The van der Waals surface area contributed by atoms with Gasteiger partial charge in [0.25, 0.3) is 0 Å². The van der Waals surface area contributed by atoms with Crippen LogP contribution in [-0.4, -0.2) is 11.7 Å². The molecule has 0 radical (unpaired) electrons. The number of benzene rings is 6. The first kappa shape index (κ1) is 25.0. The van der Waals surface area contributed by atoms with Gasteiger partial charge in [0.2, 0.25) is 0 Å². The van der Waals surface area contributed by atoms with Crippen molar-refractivity contribution in [3.05, 3.63) is 168 Å². The van der Waals surface area contributed by atoms with E-state index >= 15 is 0 Å². The first-order chi connectivity index (χ1) is 21.3. The van der Waals surface area contributed by atoms with Crippen LogP contribution < -0.4 is 5.32 Å². The predicted molar refractivity (Wildman–Crippen MR) is 176 cm³/mol. The monoisotopic (exact) mass is 553 g/mol. The number of hydrogen-bond acceptors (Lipinski definition) is 4. The summed E-state index contributed by atoms with van der Waals surface area (Å²) in [7, 11) is 0. The van der Waals surface area contributed by atoms with Crippen molar-refractivity contribution < 1.29 is 4.42 Å². The van der Waals surface area contributed by atoms with Gasteiger partial charge in [-0.15, -0.1) is 0 Å². The largest absolute Gasteiger partial charge is 0.456 e. The van der Waals surface area contributed by atoms with Crippen LogP contribution in [0.25, 0.3) is 44.2 Å². The molecule has 1 aliphatic rings. The Labute approximate surface area is 249 Å². The number of amidine groups is 2. The number of hydrogen-bond donors (Lipinski definition) is 1. The molecule has 1 N–H and O–H groups in total. The lowest BCUT2D eigenvalue weighted by Gasteiger charge is -2.24. The summed E-state index contributed by atoms with van der Waals surface area (Å²) in [5, 5.41) is 5.74. The van der Waals surface area contributed by atoms with Crippen LogP contribution in [0.3, 0.4) is 0 Å². The Morgan fingerprint density at radius 2 is 1.16 bits per heavy atom. The van der Waals surface area contributed by atoms with Gasteiger partial charge in [-0.2, -0.15) is 0 Å². The van der Waals surface area contributed by atoms with Crippen molar-refractivity contribution in [2.45, 2.75) is 6.17 Å². The first-order valence-corrected chi connectivity index (χ1v) is 14.5. The van der Waals surface area contributed by atoms with E-state index in [0.29, 0.717) is 5.84 Å². The molecule has 0 spiro atoms. The number of nitrogens with zero attached hydrogens (tertiary/aromatic N) is 2. The number of fused-ring (bicyclic) bond motifs is 3. The summed E-state index contributed by atoms with van der Waals surface area (Å²) in [5.74, 6) is 1.49. The van der Waals surface area contributed by atoms with Gasteiger partial charge in [0.1, 0.15) is 23.2 Å². The molecule has 204 valence electrons. The molecule has 4 heteroatoms. The van der Waals surface area contributed by atoms with Crippen LogP contribution in [0, 0.1) is 0 Å². The van der Waals surface area contributed by atoms with E-state index in [1.165, 1.54) is 5.56 Å². The van der Waals surface area contributed by atoms with E-state index in [1.807, 2.05) is 48.5 Å². The van der Waals surface area contributed by atoms with Crippen molar-refractivity contribution in [1.82, 2.24) is 5.32 Å². The van der Waals surface area contributed by atoms with Crippen molar-refractivity contribution in [3.8, 4) is 22.3 Å². The molecule has 8 rings (SSSR count). The van der Waals surface area contributed by atoms with E-state index in [-0.39, 0.29) is 6.17 Å². The Hall–Kier alpha value is -5.74. The number of rotatable bonds is 5. The fourth-order valence-corrected chi connectivity index (χ4v) is 5.89. The molecular weight excluding hydrogens is 526 g/mol. The molecular formula is C39H27N3O. The van der Waals surface area contributed by atoms with Crippen LogP contribution in [0.5, 0.6) is 0 Å². The van der Waals surface area contributed by atoms with Gasteiger partial charge in [-0.25, -0.2) is 9.98 Å². The van der Waals surface area contributed by atoms with Crippen LogP contribution in [0.4, 0.5) is 0 Å². The Morgan fingerprint density at radius 1 is 0.512 bits per heavy atom. The van der Waals surface area contributed by atoms with Crippen LogP contribution >= 0.6 is 0 Å². The summed E-state index contributed by atoms with van der Waals surface area (Å²) in [5.41, 5.74) is 9.28. The third-order valence-electron chi connectivity index (χ3n) is 7.97. The van der Waals surface area contributed by atoms with E-state index in [4.69, 9.17) is 14.4 Å². The molecule has 4 nitrogen and oxygen atoms in total.